The molecule has 1 heterocycles. The summed E-state index contributed by atoms with van der Waals surface area (Å²) in [4.78, 5) is 0. The van der Waals surface area contributed by atoms with Gasteiger partial charge in [-0.1, -0.05) is 28.1 Å². The molecule has 1 aliphatic carbocycles. The van der Waals surface area contributed by atoms with Crippen LogP contribution in [0.5, 0.6) is 5.75 Å². The molecule has 0 fully saturated rings. The molecule has 3 rings (SSSR count). The maximum absolute atomic E-state index is 12.1. The second-order valence-electron chi connectivity index (χ2n) is 5.15. The van der Waals surface area contributed by atoms with E-state index in [4.69, 9.17) is 9.88 Å². The van der Waals surface area contributed by atoms with E-state index in [9.17, 15) is 8.42 Å². The number of nitrogens with zero attached hydrogens (tertiary/aromatic N) is 2. The fourth-order valence-corrected chi connectivity index (χ4v) is 4.11. The molecule has 0 spiro atoms. The van der Waals surface area contributed by atoms with Crippen LogP contribution in [-0.4, -0.2) is 31.0 Å². The molecule has 1 aliphatic rings. The van der Waals surface area contributed by atoms with Gasteiger partial charge in [0.05, 0.1) is 12.8 Å². The number of ether oxygens (including phenoxy) is 1. The minimum atomic E-state index is -3.80. The third-order valence-electron chi connectivity index (χ3n) is 3.80. The minimum absolute atomic E-state index is 0.511. The largest absolute Gasteiger partial charge is 0.496 e. The topological polar surface area (TPSA) is 95.2 Å². The SMILES string of the molecule is COc1cc(Br)ccc1C1c2ccnnc2C=CC1S(N)(=O)=O. The Hall–Kier alpha value is -1.77. The maximum Gasteiger partial charge on any atom is 0.216 e. The second kappa shape index (κ2) is 6.03. The molecule has 2 atom stereocenters. The van der Waals surface area contributed by atoms with E-state index in [1.165, 1.54) is 6.20 Å². The first-order valence-electron chi connectivity index (χ1n) is 6.76. The number of benzene rings is 1. The van der Waals surface area contributed by atoms with Crippen LogP contribution in [0.1, 0.15) is 22.7 Å². The molecule has 0 radical (unpaired) electrons. The molecule has 2 aromatic rings. The van der Waals surface area contributed by atoms with Gasteiger partial charge in [-0.15, -0.1) is 0 Å². The molecule has 2 unspecified atom stereocenters. The van der Waals surface area contributed by atoms with Gasteiger partial charge >= 0.3 is 0 Å². The van der Waals surface area contributed by atoms with Crippen molar-refractivity contribution in [3.05, 3.63) is 57.8 Å². The van der Waals surface area contributed by atoms with Crippen LogP contribution in [0.3, 0.4) is 0 Å². The number of methoxy groups -OCH3 is 1. The van der Waals surface area contributed by atoms with Crippen molar-refractivity contribution in [1.29, 1.82) is 0 Å². The van der Waals surface area contributed by atoms with Crippen LogP contribution < -0.4 is 9.88 Å². The standard InChI is InChI=1S/C15H14BrN3O3S/c1-22-13-8-9(16)2-3-11(13)15-10-6-7-18-19-12(10)4-5-14(15)23(17,20)21/h2-8,14-15H,1H3,(H2,17,20,21). The number of fused-ring (bicyclic) bond motifs is 1. The highest BCUT2D eigenvalue weighted by atomic mass is 79.9. The molecule has 8 heteroatoms. The summed E-state index contributed by atoms with van der Waals surface area (Å²) in [5.74, 6) is 0.0691. The van der Waals surface area contributed by atoms with Gasteiger partial charge in [0.25, 0.3) is 0 Å². The number of hydrogen-bond donors (Lipinski definition) is 1. The molecule has 0 bridgehead atoms. The Morgan fingerprint density at radius 2 is 2.04 bits per heavy atom. The van der Waals surface area contributed by atoms with E-state index in [-0.39, 0.29) is 0 Å². The summed E-state index contributed by atoms with van der Waals surface area (Å²) in [6.45, 7) is 0. The zero-order valence-electron chi connectivity index (χ0n) is 12.2. The van der Waals surface area contributed by atoms with Crippen LogP contribution in [0.15, 0.2) is 41.0 Å². The number of rotatable bonds is 3. The van der Waals surface area contributed by atoms with Gasteiger partial charge < -0.3 is 4.74 Å². The van der Waals surface area contributed by atoms with Crippen molar-refractivity contribution in [2.45, 2.75) is 11.2 Å². The smallest absolute Gasteiger partial charge is 0.216 e. The van der Waals surface area contributed by atoms with Gasteiger partial charge in [-0.05, 0) is 29.8 Å². The average Bonchev–Trinajstić information content (AvgIpc) is 2.53. The van der Waals surface area contributed by atoms with Crippen molar-refractivity contribution >= 4 is 32.0 Å². The first-order valence-corrected chi connectivity index (χ1v) is 9.17. The molecule has 1 aromatic heterocycles. The summed E-state index contributed by atoms with van der Waals surface area (Å²) in [7, 11) is -2.26. The first kappa shape index (κ1) is 16.1. The second-order valence-corrected chi connectivity index (χ2v) is 7.79. The van der Waals surface area contributed by atoms with Crippen molar-refractivity contribution in [2.24, 2.45) is 5.14 Å². The van der Waals surface area contributed by atoms with Crippen LogP contribution in [0.4, 0.5) is 0 Å². The lowest BCUT2D eigenvalue weighted by atomic mass is 9.84. The molecule has 2 N–H and O–H groups in total. The van der Waals surface area contributed by atoms with Crippen LogP contribution in [0.2, 0.25) is 0 Å². The molecule has 0 saturated heterocycles. The number of halogens is 1. The van der Waals surface area contributed by atoms with Gasteiger partial charge in [0.1, 0.15) is 11.0 Å². The Balaban J connectivity index is 2.26. The Kier molecular flexibility index (Phi) is 4.22. The lowest BCUT2D eigenvalue weighted by Crippen LogP contribution is -2.35. The van der Waals surface area contributed by atoms with Crippen molar-refractivity contribution in [3.63, 3.8) is 0 Å². The van der Waals surface area contributed by atoms with Crippen LogP contribution in [-0.2, 0) is 10.0 Å². The van der Waals surface area contributed by atoms with Gasteiger partial charge in [0.2, 0.25) is 10.0 Å². The van der Waals surface area contributed by atoms with E-state index in [2.05, 4.69) is 26.1 Å². The number of aromatic nitrogens is 2. The first-order chi connectivity index (χ1) is 10.9. The lowest BCUT2D eigenvalue weighted by molar-refractivity contribution is 0.407. The Bertz CT molecular complexity index is 883. The van der Waals surface area contributed by atoms with Crippen LogP contribution in [0.25, 0.3) is 6.08 Å². The molecule has 0 aliphatic heterocycles. The van der Waals surface area contributed by atoms with E-state index in [0.717, 1.165) is 15.6 Å². The summed E-state index contributed by atoms with van der Waals surface area (Å²) in [5, 5.41) is 12.5. The summed E-state index contributed by atoms with van der Waals surface area (Å²) in [6, 6.07) is 7.22. The summed E-state index contributed by atoms with van der Waals surface area (Å²) in [5.41, 5.74) is 2.11. The van der Waals surface area contributed by atoms with Crippen LogP contribution >= 0.6 is 15.9 Å². The van der Waals surface area contributed by atoms with Crippen LogP contribution in [0, 0.1) is 0 Å². The molecule has 6 nitrogen and oxygen atoms in total. The number of primary sulfonamides is 1. The zero-order valence-corrected chi connectivity index (χ0v) is 14.6. The molecular weight excluding hydrogens is 382 g/mol. The monoisotopic (exact) mass is 395 g/mol. The third kappa shape index (κ3) is 3.01. The average molecular weight is 396 g/mol. The highest BCUT2D eigenvalue weighted by molar-refractivity contribution is 9.10. The van der Waals surface area contributed by atoms with E-state index in [1.54, 1.807) is 31.4 Å². The van der Waals surface area contributed by atoms with E-state index in [1.807, 2.05) is 12.1 Å². The van der Waals surface area contributed by atoms with E-state index in [0.29, 0.717) is 11.4 Å². The lowest BCUT2D eigenvalue weighted by Gasteiger charge is -2.29. The molecule has 0 saturated carbocycles. The highest BCUT2D eigenvalue weighted by Crippen LogP contribution is 2.41. The molecular formula is C15H14BrN3O3S. The van der Waals surface area contributed by atoms with Gasteiger partial charge in [-0.2, -0.15) is 10.2 Å². The van der Waals surface area contributed by atoms with Crippen molar-refractivity contribution in [2.75, 3.05) is 7.11 Å². The van der Waals surface area contributed by atoms with Crippen molar-refractivity contribution in [1.82, 2.24) is 10.2 Å². The molecule has 23 heavy (non-hydrogen) atoms. The summed E-state index contributed by atoms with van der Waals surface area (Å²) in [6.07, 6.45) is 4.73. The van der Waals surface area contributed by atoms with Gasteiger partial charge in [0.15, 0.2) is 0 Å². The number of sulfonamides is 1. The molecule has 0 amide bonds. The molecule has 120 valence electrons. The Morgan fingerprint density at radius 1 is 1.26 bits per heavy atom. The van der Waals surface area contributed by atoms with Crippen molar-refractivity contribution in [3.8, 4) is 5.75 Å². The normalized spacial score (nSPS) is 20.1. The zero-order chi connectivity index (χ0) is 16.6. The minimum Gasteiger partial charge on any atom is -0.496 e. The van der Waals surface area contributed by atoms with E-state index >= 15 is 0 Å². The fourth-order valence-electron chi connectivity index (χ4n) is 2.80. The van der Waals surface area contributed by atoms with Gasteiger partial charge in [0, 0.05) is 22.2 Å². The Labute approximate surface area is 142 Å². The fraction of sp³-hybridized carbons (Fsp3) is 0.200. The highest BCUT2D eigenvalue weighted by Gasteiger charge is 2.37. The Morgan fingerprint density at radius 3 is 2.74 bits per heavy atom. The third-order valence-corrected chi connectivity index (χ3v) is 5.48. The maximum atomic E-state index is 12.1. The predicted octanol–water partition coefficient (Wildman–Crippen LogP) is 2.06. The summed E-state index contributed by atoms with van der Waals surface area (Å²) >= 11 is 3.39. The predicted molar refractivity (Wildman–Crippen MR) is 90.5 cm³/mol. The summed E-state index contributed by atoms with van der Waals surface area (Å²) < 4.78 is 30.4. The molecule has 1 aromatic carbocycles. The number of hydrogen-bond acceptors (Lipinski definition) is 5. The van der Waals surface area contributed by atoms with Gasteiger partial charge in [-0.3, -0.25) is 0 Å². The quantitative estimate of drug-likeness (QED) is 0.857. The van der Waals surface area contributed by atoms with E-state index < -0.39 is 21.2 Å². The van der Waals surface area contributed by atoms with Gasteiger partial charge in [-0.25, -0.2) is 13.6 Å². The van der Waals surface area contributed by atoms with Crippen molar-refractivity contribution < 1.29 is 13.2 Å². The number of nitrogens with two attached hydrogens (primary N) is 1.